The van der Waals surface area contributed by atoms with Gasteiger partial charge in [0, 0.05) is 42.5 Å². The number of aromatic nitrogens is 3. The second-order valence-electron chi connectivity index (χ2n) is 8.74. The highest BCUT2D eigenvalue weighted by molar-refractivity contribution is 6.00. The van der Waals surface area contributed by atoms with Crippen LogP contribution >= 0.6 is 0 Å². The van der Waals surface area contributed by atoms with Gasteiger partial charge in [-0.1, -0.05) is 36.9 Å². The molecule has 0 unspecified atom stereocenters. The van der Waals surface area contributed by atoms with Gasteiger partial charge in [-0.05, 0) is 35.9 Å². The predicted molar refractivity (Wildman–Crippen MR) is 149 cm³/mol. The normalized spacial score (nSPS) is 15.2. The summed E-state index contributed by atoms with van der Waals surface area (Å²) in [5, 5.41) is 6.93. The Morgan fingerprint density at radius 1 is 1.24 bits per heavy atom. The molecule has 4 aromatic rings. The minimum Gasteiger partial charge on any atom is -0.479 e. The third kappa shape index (κ3) is 5.41. The highest BCUT2D eigenvalue weighted by Crippen LogP contribution is 2.32. The van der Waals surface area contributed by atoms with Crippen LogP contribution in [-0.2, 0) is 9.53 Å². The number of ether oxygens (including phenoxy) is 2. The van der Waals surface area contributed by atoms with Crippen LogP contribution in [0.1, 0.15) is 0 Å². The summed E-state index contributed by atoms with van der Waals surface area (Å²) in [6.45, 7) is 5.97. The van der Waals surface area contributed by atoms with Crippen molar-refractivity contribution in [1.82, 2.24) is 15.0 Å². The zero-order valence-corrected chi connectivity index (χ0v) is 21.1. The summed E-state index contributed by atoms with van der Waals surface area (Å²) in [5.41, 5.74) is 9.69. The average molecular weight is 512 g/mol. The van der Waals surface area contributed by atoms with E-state index in [9.17, 15) is 4.79 Å². The van der Waals surface area contributed by atoms with Crippen molar-refractivity contribution >= 4 is 40.0 Å². The number of methoxy groups -OCH3 is 1. The number of pyridine rings is 1. The molecule has 5 rings (SSSR count). The molecule has 4 N–H and O–H groups in total. The van der Waals surface area contributed by atoms with Crippen LogP contribution in [-0.4, -0.2) is 60.3 Å². The highest BCUT2D eigenvalue weighted by Gasteiger charge is 2.21. The van der Waals surface area contributed by atoms with Crippen molar-refractivity contribution in [3.63, 3.8) is 0 Å². The fourth-order valence-electron chi connectivity index (χ4n) is 4.35. The van der Waals surface area contributed by atoms with Gasteiger partial charge in [-0.15, -0.1) is 0 Å². The molecular formula is C28H29N7O3. The lowest BCUT2D eigenvalue weighted by atomic mass is 10.0. The molecule has 194 valence electrons. The van der Waals surface area contributed by atoms with E-state index in [2.05, 4.69) is 27.1 Å². The summed E-state index contributed by atoms with van der Waals surface area (Å²) in [5.74, 6) is 1.36. The molecule has 0 aliphatic carbocycles. The lowest BCUT2D eigenvalue weighted by Crippen LogP contribution is -2.46. The van der Waals surface area contributed by atoms with Gasteiger partial charge >= 0.3 is 0 Å². The van der Waals surface area contributed by atoms with Crippen molar-refractivity contribution < 1.29 is 14.3 Å². The molecule has 10 heteroatoms. The average Bonchev–Trinajstić information content (AvgIpc) is 2.97. The van der Waals surface area contributed by atoms with Crippen molar-refractivity contribution in [1.29, 1.82) is 0 Å². The molecule has 0 saturated carbocycles. The van der Waals surface area contributed by atoms with Gasteiger partial charge in [0.1, 0.15) is 11.5 Å². The maximum atomic E-state index is 11.8. The van der Waals surface area contributed by atoms with E-state index in [-0.39, 0.29) is 12.0 Å². The summed E-state index contributed by atoms with van der Waals surface area (Å²) in [7, 11) is 1.58. The quantitative estimate of drug-likeness (QED) is 0.303. The topological polar surface area (TPSA) is 128 Å². The summed E-state index contributed by atoms with van der Waals surface area (Å²) >= 11 is 0. The standard InChI is InChI=1S/C28H29N7O3/c1-3-25(36)31-20-8-4-6-18(14-20)22-9-5-7-19-16-30-28(34-26(19)22)32-23-10-11-24(33-27(23)37-2)35-12-13-38-21(15-29)17-35/h3-11,14,16,21H,1,12-13,15,17,29H2,2H3,(H,31,36)(H,30,32,34)/t21-/m1/s1. The van der Waals surface area contributed by atoms with E-state index in [0.717, 1.165) is 34.4 Å². The van der Waals surface area contributed by atoms with E-state index in [1.165, 1.54) is 6.08 Å². The van der Waals surface area contributed by atoms with Crippen LogP contribution in [0.4, 0.5) is 23.1 Å². The number of fused-ring (bicyclic) bond motifs is 1. The fourth-order valence-corrected chi connectivity index (χ4v) is 4.35. The van der Waals surface area contributed by atoms with Crippen LogP contribution in [0.15, 0.2) is 73.4 Å². The number of carbonyl (C=O) groups is 1. The van der Waals surface area contributed by atoms with Crippen molar-refractivity contribution in [2.24, 2.45) is 5.73 Å². The number of anilines is 4. The molecule has 1 saturated heterocycles. The Hall–Kier alpha value is -4.54. The van der Waals surface area contributed by atoms with Crippen LogP contribution in [0.2, 0.25) is 0 Å². The van der Waals surface area contributed by atoms with Gasteiger partial charge in [0.15, 0.2) is 0 Å². The van der Waals surface area contributed by atoms with E-state index in [4.69, 9.17) is 25.2 Å². The number of nitrogens with two attached hydrogens (primary N) is 1. The second kappa shape index (κ2) is 11.2. The Morgan fingerprint density at radius 3 is 2.92 bits per heavy atom. The van der Waals surface area contributed by atoms with Crippen LogP contribution < -0.4 is 26.0 Å². The van der Waals surface area contributed by atoms with Gasteiger partial charge in [0.25, 0.3) is 0 Å². The summed E-state index contributed by atoms with van der Waals surface area (Å²) in [6, 6.07) is 17.3. The van der Waals surface area contributed by atoms with E-state index in [0.29, 0.717) is 42.9 Å². The molecule has 2 aromatic heterocycles. The molecule has 10 nitrogen and oxygen atoms in total. The second-order valence-corrected chi connectivity index (χ2v) is 8.74. The van der Waals surface area contributed by atoms with Gasteiger partial charge in [-0.25, -0.2) is 9.97 Å². The number of nitrogens with zero attached hydrogens (tertiary/aromatic N) is 4. The molecule has 0 spiro atoms. The number of para-hydroxylation sites is 1. The molecule has 0 bridgehead atoms. The van der Waals surface area contributed by atoms with Gasteiger partial charge in [-0.2, -0.15) is 4.98 Å². The van der Waals surface area contributed by atoms with Crippen molar-refractivity contribution in [3.05, 3.63) is 73.4 Å². The van der Waals surface area contributed by atoms with Crippen LogP contribution in [0.25, 0.3) is 22.0 Å². The summed E-state index contributed by atoms with van der Waals surface area (Å²) < 4.78 is 11.2. The molecule has 38 heavy (non-hydrogen) atoms. The van der Waals surface area contributed by atoms with Gasteiger partial charge in [0.05, 0.1) is 25.3 Å². The SMILES string of the molecule is C=CC(=O)Nc1cccc(-c2cccc3cnc(Nc4ccc(N5CCO[C@H](CN)C5)nc4OC)nc23)c1. The number of nitrogens with one attached hydrogen (secondary N) is 2. The Labute approximate surface area is 220 Å². The number of benzene rings is 2. The first-order chi connectivity index (χ1) is 18.6. The van der Waals surface area contributed by atoms with E-state index in [1.807, 2.05) is 54.6 Å². The fraction of sp³-hybridized carbons (Fsp3) is 0.214. The number of hydrogen-bond donors (Lipinski definition) is 3. The molecule has 1 amide bonds. The van der Waals surface area contributed by atoms with Gasteiger partial charge in [-0.3, -0.25) is 4.79 Å². The Kier molecular flexibility index (Phi) is 7.43. The lowest BCUT2D eigenvalue weighted by Gasteiger charge is -2.33. The predicted octanol–water partition coefficient (Wildman–Crippen LogP) is 3.73. The molecule has 1 atom stereocenters. The molecule has 3 heterocycles. The minimum atomic E-state index is -0.268. The van der Waals surface area contributed by atoms with Crippen LogP contribution in [0.5, 0.6) is 5.88 Å². The van der Waals surface area contributed by atoms with Crippen molar-refractivity contribution in [2.45, 2.75) is 6.10 Å². The van der Waals surface area contributed by atoms with Crippen LogP contribution in [0.3, 0.4) is 0 Å². The maximum absolute atomic E-state index is 11.8. The van der Waals surface area contributed by atoms with Crippen molar-refractivity contribution in [2.75, 3.05) is 48.9 Å². The summed E-state index contributed by atoms with van der Waals surface area (Å²) in [4.78, 5) is 27.9. The maximum Gasteiger partial charge on any atom is 0.247 e. The number of carbonyl (C=O) groups excluding carboxylic acids is 1. The number of rotatable bonds is 8. The van der Waals surface area contributed by atoms with E-state index in [1.54, 1.807) is 13.3 Å². The largest absolute Gasteiger partial charge is 0.479 e. The highest BCUT2D eigenvalue weighted by atomic mass is 16.5. The first-order valence-electron chi connectivity index (χ1n) is 12.3. The Balaban J connectivity index is 1.44. The number of amides is 1. The van der Waals surface area contributed by atoms with E-state index < -0.39 is 0 Å². The van der Waals surface area contributed by atoms with E-state index >= 15 is 0 Å². The third-order valence-electron chi connectivity index (χ3n) is 6.25. The third-order valence-corrected chi connectivity index (χ3v) is 6.25. The van der Waals surface area contributed by atoms with Gasteiger partial charge in [0.2, 0.25) is 17.7 Å². The number of hydrogen-bond acceptors (Lipinski definition) is 9. The van der Waals surface area contributed by atoms with Gasteiger partial charge < -0.3 is 30.7 Å². The monoisotopic (exact) mass is 511 g/mol. The molecule has 1 aliphatic rings. The molecule has 2 aromatic carbocycles. The molecule has 1 fully saturated rings. The molecule has 1 aliphatic heterocycles. The zero-order chi connectivity index (χ0) is 26.5. The first kappa shape index (κ1) is 25.1. The minimum absolute atomic E-state index is 0.0199. The smallest absolute Gasteiger partial charge is 0.247 e. The first-order valence-corrected chi connectivity index (χ1v) is 12.3. The Morgan fingerprint density at radius 2 is 2.11 bits per heavy atom. The van der Waals surface area contributed by atoms with Crippen LogP contribution in [0, 0.1) is 0 Å². The molecule has 0 radical (unpaired) electrons. The lowest BCUT2D eigenvalue weighted by molar-refractivity contribution is -0.111. The Bertz CT molecular complexity index is 1480. The zero-order valence-electron chi connectivity index (χ0n) is 21.1. The number of morpholine rings is 1. The summed E-state index contributed by atoms with van der Waals surface area (Å²) in [6.07, 6.45) is 2.99. The van der Waals surface area contributed by atoms with Crippen molar-refractivity contribution in [3.8, 4) is 17.0 Å². The molecular weight excluding hydrogens is 482 g/mol.